The quantitative estimate of drug-likeness (QED) is 0.664. The van der Waals surface area contributed by atoms with Gasteiger partial charge >= 0.3 is 11.7 Å². The summed E-state index contributed by atoms with van der Waals surface area (Å²) in [7, 11) is 0. The minimum Gasteiger partial charge on any atom is -0.481 e. The van der Waals surface area contributed by atoms with Crippen molar-refractivity contribution in [2.75, 3.05) is 0 Å². The Morgan fingerprint density at radius 2 is 2.19 bits per heavy atom. The molecule has 0 aliphatic heterocycles. The van der Waals surface area contributed by atoms with E-state index in [1.165, 1.54) is 18.2 Å². The Hall–Kier alpha value is -2.90. The summed E-state index contributed by atoms with van der Waals surface area (Å²) in [6.07, 6.45) is 0. The number of para-hydroxylation sites is 1. The number of nitro groups is 1. The number of aryl methyl sites for hydroxylation is 2. The van der Waals surface area contributed by atoms with Crippen LogP contribution in [0.15, 0.2) is 22.7 Å². The second-order valence-corrected chi connectivity index (χ2v) is 4.31. The lowest BCUT2D eigenvalue weighted by atomic mass is 10.1. The van der Waals surface area contributed by atoms with Crippen molar-refractivity contribution in [1.82, 2.24) is 5.16 Å². The lowest BCUT2D eigenvalue weighted by Gasteiger charge is -2.09. The number of nitrogens with zero attached hydrogens (tertiary/aromatic N) is 2. The lowest BCUT2D eigenvalue weighted by Crippen LogP contribution is -2.07. The summed E-state index contributed by atoms with van der Waals surface area (Å²) in [5.41, 5.74) is 0.546. The Balaban J connectivity index is 2.38. The van der Waals surface area contributed by atoms with E-state index in [0.29, 0.717) is 17.0 Å². The zero-order valence-electron chi connectivity index (χ0n) is 11.3. The third kappa shape index (κ3) is 2.83. The van der Waals surface area contributed by atoms with Crippen LogP contribution in [-0.2, 0) is 6.61 Å². The number of hydrogen-bond acceptors (Lipinski definition) is 6. The lowest BCUT2D eigenvalue weighted by molar-refractivity contribution is -0.386. The maximum atomic E-state index is 11.2. The summed E-state index contributed by atoms with van der Waals surface area (Å²) in [5, 5.41) is 23.8. The van der Waals surface area contributed by atoms with Crippen molar-refractivity contribution in [2.45, 2.75) is 20.5 Å². The molecule has 0 bridgehead atoms. The van der Waals surface area contributed by atoms with Crippen LogP contribution in [-0.4, -0.2) is 21.2 Å². The van der Waals surface area contributed by atoms with Crippen LogP contribution in [0.3, 0.4) is 0 Å². The third-order valence-electron chi connectivity index (χ3n) is 2.96. The summed E-state index contributed by atoms with van der Waals surface area (Å²) in [4.78, 5) is 21.5. The van der Waals surface area contributed by atoms with E-state index in [4.69, 9.17) is 14.4 Å². The molecule has 0 atom stereocenters. The number of carboxylic acids is 1. The van der Waals surface area contributed by atoms with Gasteiger partial charge in [0.1, 0.15) is 17.9 Å². The number of carboxylic acid groups (broad SMARTS) is 1. The van der Waals surface area contributed by atoms with Gasteiger partial charge in [0, 0.05) is 6.07 Å². The van der Waals surface area contributed by atoms with Gasteiger partial charge in [0.25, 0.3) is 0 Å². The largest absolute Gasteiger partial charge is 0.481 e. The number of benzene rings is 1. The molecule has 0 radical (unpaired) electrons. The second kappa shape index (κ2) is 5.61. The molecule has 0 saturated carbocycles. The van der Waals surface area contributed by atoms with Gasteiger partial charge in [0.15, 0.2) is 0 Å². The first-order valence-electron chi connectivity index (χ1n) is 5.97. The van der Waals surface area contributed by atoms with Crippen LogP contribution in [0, 0.1) is 24.0 Å². The minimum absolute atomic E-state index is 0.0632. The maximum Gasteiger partial charge on any atom is 0.339 e. The van der Waals surface area contributed by atoms with E-state index in [1.54, 1.807) is 13.8 Å². The molecular formula is C13H12N2O6. The molecule has 0 aliphatic carbocycles. The Morgan fingerprint density at radius 1 is 1.48 bits per heavy atom. The topological polar surface area (TPSA) is 116 Å². The van der Waals surface area contributed by atoms with E-state index in [0.717, 1.165) is 0 Å². The number of aromatic nitrogens is 1. The molecule has 1 N–H and O–H groups in total. The standard InChI is InChI=1S/C13H12N2O6/c1-7-10(8(2)21-14-7)6-20-12-9(13(16)17)4-3-5-11(12)15(18)19/h3-5H,6H2,1-2H3,(H,16,17). The van der Waals surface area contributed by atoms with E-state index in [-0.39, 0.29) is 17.9 Å². The summed E-state index contributed by atoms with van der Waals surface area (Å²) in [6, 6.07) is 3.73. The van der Waals surface area contributed by atoms with Crippen molar-refractivity contribution < 1.29 is 24.1 Å². The molecule has 1 heterocycles. The molecule has 8 nitrogen and oxygen atoms in total. The second-order valence-electron chi connectivity index (χ2n) is 4.31. The van der Waals surface area contributed by atoms with Crippen LogP contribution in [0.2, 0.25) is 0 Å². The molecule has 0 saturated heterocycles. The fourth-order valence-electron chi connectivity index (χ4n) is 1.84. The van der Waals surface area contributed by atoms with Crippen LogP contribution in [0.1, 0.15) is 27.4 Å². The molecule has 0 aliphatic rings. The first-order chi connectivity index (χ1) is 9.91. The average Bonchev–Trinajstić information content (AvgIpc) is 2.75. The van der Waals surface area contributed by atoms with E-state index in [1.807, 2.05) is 0 Å². The number of rotatable bonds is 5. The van der Waals surface area contributed by atoms with Gasteiger partial charge in [0.05, 0.1) is 16.2 Å². The van der Waals surface area contributed by atoms with Crippen molar-refractivity contribution >= 4 is 11.7 Å². The van der Waals surface area contributed by atoms with Gasteiger partial charge in [-0.2, -0.15) is 0 Å². The normalized spacial score (nSPS) is 10.4. The van der Waals surface area contributed by atoms with Crippen molar-refractivity contribution in [3.8, 4) is 5.75 Å². The highest BCUT2D eigenvalue weighted by Gasteiger charge is 2.23. The molecule has 0 spiro atoms. The van der Waals surface area contributed by atoms with Gasteiger partial charge in [-0.3, -0.25) is 10.1 Å². The third-order valence-corrected chi connectivity index (χ3v) is 2.96. The van der Waals surface area contributed by atoms with Crippen molar-refractivity contribution in [3.05, 3.63) is 50.9 Å². The monoisotopic (exact) mass is 292 g/mol. The SMILES string of the molecule is Cc1noc(C)c1COc1c(C(=O)O)cccc1[N+](=O)[O-]. The molecule has 2 aromatic rings. The zero-order valence-corrected chi connectivity index (χ0v) is 11.3. The molecule has 1 aromatic carbocycles. The summed E-state index contributed by atoms with van der Waals surface area (Å²) < 4.78 is 10.3. The molecule has 2 rings (SSSR count). The van der Waals surface area contributed by atoms with Gasteiger partial charge in [-0.05, 0) is 19.9 Å². The van der Waals surface area contributed by atoms with Crippen LogP contribution in [0.4, 0.5) is 5.69 Å². The Labute approximate surface area is 119 Å². The Kier molecular flexibility index (Phi) is 3.88. The van der Waals surface area contributed by atoms with Crippen LogP contribution < -0.4 is 4.74 Å². The number of ether oxygens (including phenoxy) is 1. The smallest absolute Gasteiger partial charge is 0.339 e. The fourth-order valence-corrected chi connectivity index (χ4v) is 1.84. The van der Waals surface area contributed by atoms with Gasteiger partial charge < -0.3 is 14.4 Å². The van der Waals surface area contributed by atoms with Crippen LogP contribution in [0.25, 0.3) is 0 Å². The summed E-state index contributed by atoms with van der Waals surface area (Å²) in [6.45, 7) is 3.31. The highest BCUT2D eigenvalue weighted by atomic mass is 16.6. The molecule has 0 unspecified atom stereocenters. The fraction of sp³-hybridized carbons (Fsp3) is 0.231. The molecule has 0 fully saturated rings. The van der Waals surface area contributed by atoms with Gasteiger partial charge in [0.2, 0.25) is 5.75 Å². The predicted octanol–water partition coefficient (Wildman–Crippen LogP) is 2.48. The zero-order chi connectivity index (χ0) is 15.6. The van der Waals surface area contributed by atoms with Crippen LogP contribution >= 0.6 is 0 Å². The average molecular weight is 292 g/mol. The van der Waals surface area contributed by atoms with Gasteiger partial charge in [-0.1, -0.05) is 11.2 Å². The number of carbonyl (C=O) groups is 1. The first-order valence-corrected chi connectivity index (χ1v) is 5.97. The van der Waals surface area contributed by atoms with E-state index in [9.17, 15) is 14.9 Å². The highest BCUT2D eigenvalue weighted by Crippen LogP contribution is 2.32. The van der Waals surface area contributed by atoms with Gasteiger partial charge in [-0.25, -0.2) is 4.79 Å². The number of hydrogen-bond donors (Lipinski definition) is 1. The molecule has 1 aromatic heterocycles. The number of nitro benzene ring substituents is 1. The van der Waals surface area contributed by atoms with Gasteiger partial charge in [-0.15, -0.1) is 0 Å². The molecule has 110 valence electrons. The molecular weight excluding hydrogens is 280 g/mol. The highest BCUT2D eigenvalue weighted by molar-refractivity contribution is 5.92. The van der Waals surface area contributed by atoms with Crippen molar-refractivity contribution in [2.24, 2.45) is 0 Å². The molecule has 21 heavy (non-hydrogen) atoms. The number of aromatic carboxylic acids is 1. The summed E-state index contributed by atoms with van der Waals surface area (Å²) in [5.74, 6) is -1.06. The Morgan fingerprint density at radius 3 is 2.71 bits per heavy atom. The van der Waals surface area contributed by atoms with Crippen molar-refractivity contribution in [3.63, 3.8) is 0 Å². The van der Waals surface area contributed by atoms with Crippen molar-refractivity contribution in [1.29, 1.82) is 0 Å². The predicted molar refractivity (Wildman–Crippen MR) is 70.4 cm³/mol. The van der Waals surface area contributed by atoms with E-state index < -0.39 is 16.6 Å². The van der Waals surface area contributed by atoms with Crippen LogP contribution in [0.5, 0.6) is 5.75 Å². The maximum absolute atomic E-state index is 11.2. The molecule has 8 heteroatoms. The van der Waals surface area contributed by atoms with E-state index >= 15 is 0 Å². The minimum atomic E-state index is -1.30. The Bertz CT molecular complexity index is 655. The molecule has 0 amide bonds. The summed E-state index contributed by atoms with van der Waals surface area (Å²) >= 11 is 0. The first kappa shape index (κ1) is 14.5. The van der Waals surface area contributed by atoms with E-state index in [2.05, 4.69) is 5.16 Å².